The highest BCUT2D eigenvalue weighted by Crippen LogP contribution is 2.69. The Hall–Kier alpha value is -3.20. The van der Waals surface area contributed by atoms with Crippen LogP contribution in [-0.4, -0.2) is 35.1 Å². The third-order valence-corrected chi connectivity index (χ3v) is 10.2. The predicted molar refractivity (Wildman–Crippen MR) is 158 cm³/mol. The summed E-state index contributed by atoms with van der Waals surface area (Å²) >= 11 is 18.2. The average molecular weight is 655 g/mol. The van der Waals surface area contributed by atoms with Gasteiger partial charge in [0.1, 0.15) is 9.75 Å². The first-order valence-electron chi connectivity index (χ1n) is 13.5. The molecule has 4 amide bonds. The van der Waals surface area contributed by atoms with Crippen molar-refractivity contribution in [1.82, 2.24) is 15.8 Å². The Kier molecular flexibility index (Phi) is 7.20. The number of imide groups is 1. The number of carbonyl (C=O) groups is 4. The van der Waals surface area contributed by atoms with Crippen LogP contribution in [0.5, 0.6) is 0 Å². The minimum Gasteiger partial charge on any atom is -0.282 e. The molecule has 2 N–H and O–H groups in total. The summed E-state index contributed by atoms with van der Waals surface area (Å²) in [5.41, 5.74) is 8.35. The molecule has 3 aromatic rings. The molecule has 0 unspecified atom stereocenters. The van der Waals surface area contributed by atoms with Gasteiger partial charge in [0.05, 0.1) is 11.8 Å². The van der Waals surface area contributed by atoms with Crippen LogP contribution in [0, 0.1) is 11.8 Å². The summed E-state index contributed by atoms with van der Waals surface area (Å²) < 4.78 is 0.848. The zero-order chi connectivity index (χ0) is 28.9. The summed E-state index contributed by atoms with van der Waals surface area (Å²) in [4.78, 5) is 50.9. The Morgan fingerprint density at radius 1 is 0.732 bits per heavy atom. The monoisotopic (exact) mass is 653 g/mol. The smallest absolute Gasteiger partial charge is 0.269 e. The molecule has 41 heavy (non-hydrogen) atoms. The summed E-state index contributed by atoms with van der Waals surface area (Å²) in [6.45, 7) is 0.221. The number of carbonyl (C=O) groups excluding carboxylic acids is 4. The zero-order valence-corrected chi connectivity index (χ0v) is 24.9. The van der Waals surface area contributed by atoms with Crippen LogP contribution < -0.4 is 10.9 Å². The molecule has 1 aliphatic heterocycles. The molecule has 0 aromatic heterocycles. The second-order valence-electron chi connectivity index (χ2n) is 10.6. The topological polar surface area (TPSA) is 95.6 Å². The molecule has 7 rings (SSSR count). The van der Waals surface area contributed by atoms with Crippen LogP contribution in [0.15, 0.2) is 77.3 Å². The highest BCUT2D eigenvalue weighted by atomic mass is 79.9. The number of hydrogen-bond donors (Lipinski definition) is 2. The van der Waals surface area contributed by atoms with Gasteiger partial charge >= 0.3 is 0 Å². The van der Waals surface area contributed by atoms with Crippen molar-refractivity contribution >= 4 is 62.8 Å². The van der Waals surface area contributed by atoms with E-state index in [4.69, 9.17) is 23.2 Å². The van der Waals surface area contributed by atoms with E-state index in [-0.39, 0.29) is 30.7 Å². The summed E-state index contributed by atoms with van der Waals surface area (Å²) in [6.07, 6.45) is 1.85. The van der Waals surface area contributed by atoms with E-state index in [9.17, 15) is 19.2 Å². The van der Waals surface area contributed by atoms with Crippen LogP contribution in [0.2, 0.25) is 0 Å². The molecule has 0 spiro atoms. The number of unbranched alkanes of at least 4 members (excludes halogenated alkanes) is 2. The number of amides is 4. The Balaban J connectivity index is 1.08. The molecule has 2 atom stereocenters. The second kappa shape index (κ2) is 10.6. The maximum Gasteiger partial charge on any atom is 0.269 e. The quantitative estimate of drug-likeness (QED) is 0.155. The third kappa shape index (κ3) is 4.30. The van der Waals surface area contributed by atoms with Crippen molar-refractivity contribution < 1.29 is 19.2 Å². The molecule has 10 heteroatoms. The van der Waals surface area contributed by atoms with E-state index in [1.165, 1.54) is 4.90 Å². The number of nitrogens with zero attached hydrogens (tertiary/aromatic N) is 1. The summed E-state index contributed by atoms with van der Waals surface area (Å²) in [6, 6.07) is 21.9. The fourth-order valence-corrected chi connectivity index (χ4v) is 7.90. The minimum absolute atomic E-state index is 0.188. The van der Waals surface area contributed by atoms with Crippen LogP contribution in [0.25, 0.3) is 0 Å². The zero-order valence-electron chi connectivity index (χ0n) is 21.8. The van der Waals surface area contributed by atoms with Crippen molar-refractivity contribution in [3.05, 3.63) is 105 Å². The van der Waals surface area contributed by atoms with E-state index in [0.717, 1.165) is 26.7 Å². The number of hydrazine groups is 1. The van der Waals surface area contributed by atoms with Gasteiger partial charge in [0.15, 0.2) is 0 Å². The molecule has 7 nitrogen and oxygen atoms in total. The Morgan fingerprint density at radius 2 is 1.22 bits per heavy atom. The Morgan fingerprint density at radius 3 is 1.71 bits per heavy atom. The number of hydrogen-bond acceptors (Lipinski definition) is 4. The summed E-state index contributed by atoms with van der Waals surface area (Å²) in [5, 5.41) is 0. The maximum absolute atomic E-state index is 13.8. The fourth-order valence-electron chi connectivity index (χ4n) is 6.54. The first kappa shape index (κ1) is 27.9. The molecular weight excluding hydrogens is 629 g/mol. The minimum atomic E-state index is -1.19. The number of nitrogens with one attached hydrogen (secondary N) is 2. The first-order chi connectivity index (χ1) is 19.7. The van der Waals surface area contributed by atoms with E-state index in [0.29, 0.717) is 24.8 Å². The van der Waals surface area contributed by atoms with Crippen molar-refractivity contribution in [2.75, 3.05) is 6.54 Å². The molecular formula is C31H26BrCl2N3O4. The fraction of sp³-hybridized carbons (Fsp3) is 0.290. The van der Waals surface area contributed by atoms with E-state index in [2.05, 4.69) is 26.8 Å². The van der Waals surface area contributed by atoms with Crippen molar-refractivity contribution in [2.24, 2.45) is 11.8 Å². The van der Waals surface area contributed by atoms with E-state index < -0.39 is 27.5 Å². The van der Waals surface area contributed by atoms with Gasteiger partial charge in [-0.2, -0.15) is 0 Å². The maximum atomic E-state index is 13.8. The van der Waals surface area contributed by atoms with Crippen LogP contribution in [0.4, 0.5) is 0 Å². The second-order valence-corrected chi connectivity index (χ2v) is 12.7. The molecule has 210 valence electrons. The van der Waals surface area contributed by atoms with Crippen LogP contribution in [0.3, 0.4) is 0 Å². The van der Waals surface area contributed by atoms with E-state index in [1.54, 1.807) is 24.3 Å². The lowest BCUT2D eigenvalue weighted by Crippen LogP contribution is -2.57. The number of benzene rings is 3. The molecule has 2 bridgehead atoms. The predicted octanol–water partition coefficient (Wildman–Crippen LogP) is 5.36. The highest BCUT2D eigenvalue weighted by molar-refractivity contribution is 9.10. The largest absolute Gasteiger partial charge is 0.282 e. The van der Waals surface area contributed by atoms with Crippen molar-refractivity contribution in [2.45, 2.75) is 35.4 Å². The molecule has 1 heterocycles. The van der Waals surface area contributed by atoms with Gasteiger partial charge in [-0.15, -0.1) is 23.2 Å². The Labute approximate surface area is 255 Å². The van der Waals surface area contributed by atoms with Crippen LogP contribution in [0.1, 0.15) is 58.3 Å². The van der Waals surface area contributed by atoms with Gasteiger partial charge in [-0.25, -0.2) is 0 Å². The molecule has 1 saturated heterocycles. The number of likely N-dealkylation sites (tertiary alicyclic amines) is 1. The molecule has 1 fully saturated rings. The lowest BCUT2D eigenvalue weighted by molar-refractivity contribution is -0.140. The van der Waals surface area contributed by atoms with Crippen molar-refractivity contribution in [3.8, 4) is 0 Å². The van der Waals surface area contributed by atoms with Gasteiger partial charge < -0.3 is 0 Å². The first-order valence-corrected chi connectivity index (χ1v) is 15.0. The van der Waals surface area contributed by atoms with Crippen molar-refractivity contribution in [3.63, 3.8) is 0 Å². The van der Waals surface area contributed by atoms with Crippen molar-refractivity contribution in [1.29, 1.82) is 0 Å². The van der Waals surface area contributed by atoms with Gasteiger partial charge in [-0.1, -0.05) is 70.9 Å². The van der Waals surface area contributed by atoms with E-state index in [1.807, 2.05) is 48.5 Å². The third-order valence-electron chi connectivity index (χ3n) is 8.38. The average Bonchev–Trinajstić information content (AvgIpc) is 3.25. The van der Waals surface area contributed by atoms with Gasteiger partial charge in [-0.05, 0) is 59.4 Å². The standard InChI is InChI=1S/C31H26BrCl2N3O4/c32-19-15-13-18(14-16-19)27(39)36-35-24(38)12-2-1-7-17-37-28(40)25-26(29(37)41)31(34)21-9-4-3-8-20(21)30(25,33)22-10-5-6-11-23(22)31/h3-6,8-11,13-16,25-26H,1-2,7,12,17H2,(H,35,38)(H,36,39)/t25-,26+,30?,31?. The number of halogens is 3. The molecule has 3 aromatic carbocycles. The summed E-state index contributed by atoms with van der Waals surface area (Å²) in [5.74, 6) is -2.96. The summed E-state index contributed by atoms with van der Waals surface area (Å²) in [7, 11) is 0. The normalized spacial score (nSPS) is 25.4. The van der Waals surface area contributed by atoms with Gasteiger partial charge in [-0.3, -0.25) is 34.9 Å². The lowest BCUT2D eigenvalue weighted by Gasteiger charge is -2.54. The van der Waals surface area contributed by atoms with Gasteiger partial charge in [0, 0.05) is 23.0 Å². The van der Waals surface area contributed by atoms with E-state index >= 15 is 0 Å². The van der Waals surface area contributed by atoms with Crippen LogP contribution in [-0.2, 0) is 24.1 Å². The number of alkyl halides is 2. The SMILES string of the molecule is O=C(CCCCCN1C(=O)[C@@H]2[C@H](C1=O)C1(Cl)c3ccccc3C2(Cl)c2ccccc21)NNC(=O)c1ccc(Br)cc1. The van der Waals surface area contributed by atoms with Crippen LogP contribution >= 0.6 is 39.1 Å². The lowest BCUT2D eigenvalue weighted by atomic mass is 9.54. The van der Waals surface area contributed by atoms with Gasteiger partial charge in [0.2, 0.25) is 17.7 Å². The Bertz CT molecular complexity index is 1460. The highest BCUT2D eigenvalue weighted by Gasteiger charge is 2.72. The number of rotatable bonds is 7. The molecule has 3 aliphatic carbocycles. The molecule has 4 aliphatic rings. The van der Waals surface area contributed by atoms with Gasteiger partial charge in [0.25, 0.3) is 5.91 Å². The molecule has 0 radical (unpaired) electrons. The molecule has 0 saturated carbocycles.